The summed E-state index contributed by atoms with van der Waals surface area (Å²) in [7, 11) is 0. The zero-order valence-electron chi connectivity index (χ0n) is 10.3. The molecule has 0 saturated carbocycles. The molecule has 1 aliphatic carbocycles. The van der Waals surface area contributed by atoms with E-state index in [1.165, 1.54) is 11.6 Å². The van der Waals surface area contributed by atoms with E-state index in [2.05, 4.69) is 27.0 Å². The average Bonchev–Trinajstić information content (AvgIpc) is 2.85. The Kier molecular flexibility index (Phi) is 3.37. The van der Waals surface area contributed by atoms with Gasteiger partial charge in [-0.15, -0.1) is 0 Å². The lowest BCUT2D eigenvalue weighted by Gasteiger charge is -2.20. The van der Waals surface area contributed by atoms with Gasteiger partial charge in [0.25, 0.3) is 0 Å². The van der Waals surface area contributed by atoms with Crippen molar-refractivity contribution in [1.29, 1.82) is 0 Å². The van der Waals surface area contributed by atoms with Crippen LogP contribution >= 0.6 is 15.9 Å². The highest BCUT2D eigenvalue weighted by Crippen LogP contribution is 2.39. The number of halogens is 2. The molecular formula is C15H14BrFN2. The summed E-state index contributed by atoms with van der Waals surface area (Å²) in [5, 5.41) is 0. The molecule has 2 aromatic rings. The van der Waals surface area contributed by atoms with Gasteiger partial charge in [0.2, 0.25) is 0 Å². The van der Waals surface area contributed by atoms with Gasteiger partial charge in [-0.1, -0.05) is 12.1 Å². The molecule has 1 aliphatic rings. The maximum absolute atomic E-state index is 13.3. The van der Waals surface area contributed by atoms with Crippen molar-refractivity contribution >= 4 is 15.9 Å². The van der Waals surface area contributed by atoms with Gasteiger partial charge in [-0.05, 0) is 58.1 Å². The van der Waals surface area contributed by atoms with Gasteiger partial charge in [-0.25, -0.2) is 4.39 Å². The van der Waals surface area contributed by atoms with Crippen molar-refractivity contribution in [1.82, 2.24) is 4.98 Å². The highest BCUT2D eigenvalue weighted by molar-refractivity contribution is 9.10. The first-order chi connectivity index (χ1) is 9.16. The number of fused-ring (bicyclic) bond motifs is 1. The minimum absolute atomic E-state index is 0.145. The molecule has 0 amide bonds. The van der Waals surface area contributed by atoms with Crippen molar-refractivity contribution < 1.29 is 4.39 Å². The molecule has 0 aliphatic heterocycles. The first-order valence-corrected chi connectivity index (χ1v) is 7.10. The topological polar surface area (TPSA) is 38.9 Å². The zero-order valence-corrected chi connectivity index (χ0v) is 11.9. The monoisotopic (exact) mass is 320 g/mol. The third-order valence-electron chi connectivity index (χ3n) is 3.76. The lowest BCUT2D eigenvalue weighted by atomic mass is 9.91. The van der Waals surface area contributed by atoms with Gasteiger partial charge in [0.1, 0.15) is 5.82 Å². The molecule has 3 rings (SSSR count). The van der Waals surface area contributed by atoms with Gasteiger partial charge in [-0.3, -0.25) is 4.98 Å². The van der Waals surface area contributed by atoms with Crippen LogP contribution in [0.5, 0.6) is 0 Å². The van der Waals surface area contributed by atoms with Crippen LogP contribution in [0.3, 0.4) is 0 Å². The van der Waals surface area contributed by atoms with E-state index in [1.54, 1.807) is 12.1 Å². The van der Waals surface area contributed by atoms with Crippen LogP contribution in [0.1, 0.15) is 35.2 Å². The Morgan fingerprint density at radius 1 is 1.37 bits per heavy atom. The molecule has 0 radical (unpaired) electrons. The largest absolute Gasteiger partial charge is 0.323 e. The molecule has 98 valence electrons. The van der Waals surface area contributed by atoms with Crippen molar-refractivity contribution in [2.24, 2.45) is 5.73 Å². The Hall–Kier alpha value is -1.26. The molecule has 0 saturated heterocycles. The van der Waals surface area contributed by atoms with E-state index < -0.39 is 0 Å². The Balaban J connectivity index is 1.93. The van der Waals surface area contributed by atoms with Crippen LogP contribution in [0.2, 0.25) is 0 Å². The molecule has 19 heavy (non-hydrogen) atoms. The van der Waals surface area contributed by atoms with Crippen LogP contribution < -0.4 is 5.73 Å². The summed E-state index contributed by atoms with van der Waals surface area (Å²) in [6.45, 7) is 0. The molecule has 1 aromatic heterocycles. The number of benzene rings is 1. The normalized spacial score (nSPS) is 19.2. The smallest absolute Gasteiger partial charge is 0.137 e. The molecule has 4 heteroatoms. The maximum atomic E-state index is 13.3. The quantitative estimate of drug-likeness (QED) is 0.916. The second-order valence-electron chi connectivity index (χ2n) is 4.89. The van der Waals surface area contributed by atoms with E-state index in [1.807, 2.05) is 12.3 Å². The van der Waals surface area contributed by atoms with Gasteiger partial charge >= 0.3 is 0 Å². The summed E-state index contributed by atoms with van der Waals surface area (Å²) in [5.41, 5.74) is 9.67. The fourth-order valence-electron chi connectivity index (χ4n) is 2.75. The summed E-state index contributed by atoms with van der Waals surface area (Å²) < 4.78 is 13.7. The molecule has 2 nitrogen and oxygen atoms in total. The molecule has 2 N–H and O–H groups in total. The van der Waals surface area contributed by atoms with E-state index in [-0.39, 0.29) is 17.8 Å². The lowest BCUT2D eigenvalue weighted by Crippen LogP contribution is -2.19. The van der Waals surface area contributed by atoms with Crippen LogP contribution in [0.4, 0.5) is 4.39 Å². The van der Waals surface area contributed by atoms with Crippen molar-refractivity contribution in [2.75, 3.05) is 0 Å². The molecular weight excluding hydrogens is 307 g/mol. The van der Waals surface area contributed by atoms with Crippen molar-refractivity contribution in [3.63, 3.8) is 0 Å². The fourth-order valence-corrected chi connectivity index (χ4v) is 3.14. The molecule has 1 aromatic carbocycles. The van der Waals surface area contributed by atoms with E-state index in [0.29, 0.717) is 4.47 Å². The predicted molar refractivity (Wildman–Crippen MR) is 76.3 cm³/mol. The number of hydrogen-bond acceptors (Lipinski definition) is 2. The number of aromatic nitrogens is 1. The first kappa shape index (κ1) is 12.8. The van der Waals surface area contributed by atoms with Gasteiger partial charge in [0.15, 0.2) is 0 Å². The number of pyridine rings is 1. The first-order valence-electron chi connectivity index (χ1n) is 6.31. The van der Waals surface area contributed by atoms with Crippen molar-refractivity contribution in [3.8, 4) is 0 Å². The fraction of sp³-hybridized carbons (Fsp3) is 0.267. The van der Waals surface area contributed by atoms with Gasteiger partial charge in [0.05, 0.1) is 4.47 Å². The molecule has 1 heterocycles. The number of nitrogens with two attached hydrogens (primary N) is 1. The minimum Gasteiger partial charge on any atom is -0.323 e. The number of aryl methyl sites for hydroxylation is 1. The van der Waals surface area contributed by atoms with Crippen LogP contribution in [0, 0.1) is 5.82 Å². The summed E-state index contributed by atoms with van der Waals surface area (Å²) in [4.78, 5) is 4.46. The van der Waals surface area contributed by atoms with Crippen molar-refractivity contribution in [3.05, 3.63) is 63.6 Å². The van der Waals surface area contributed by atoms with Gasteiger partial charge in [-0.2, -0.15) is 0 Å². The minimum atomic E-state index is -0.263. The average molecular weight is 321 g/mol. The molecule has 2 atom stereocenters. The Bertz CT molecular complexity index is 615. The maximum Gasteiger partial charge on any atom is 0.137 e. The SMILES string of the molecule is NC(c1ccc(F)c(Br)c1)C1CCc2cccnc21. The van der Waals surface area contributed by atoms with Crippen LogP contribution in [0.25, 0.3) is 0 Å². The zero-order chi connectivity index (χ0) is 13.4. The third-order valence-corrected chi connectivity index (χ3v) is 4.37. The van der Waals surface area contributed by atoms with Crippen LogP contribution in [-0.4, -0.2) is 4.98 Å². The summed E-state index contributed by atoms with van der Waals surface area (Å²) in [6, 6.07) is 8.89. The van der Waals surface area contributed by atoms with Gasteiger partial charge < -0.3 is 5.73 Å². The number of nitrogens with zero attached hydrogens (tertiary/aromatic N) is 1. The van der Waals surface area contributed by atoms with E-state index >= 15 is 0 Å². The second kappa shape index (κ2) is 5.02. The number of rotatable bonds is 2. The summed E-state index contributed by atoms with van der Waals surface area (Å²) >= 11 is 3.21. The highest BCUT2D eigenvalue weighted by Gasteiger charge is 2.29. The van der Waals surface area contributed by atoms with E-state index in [4.69, 9.17) is 5.73 Å². The van der Waals surface area contributed by atoms with Gasteiger partial charge in [0, 0.05) is 23.9 Å². The Labute approximate surface area is 120 Å². The Morgan fingerprint density at radius 3 is 3.00 bits per heavy atom. The molecule has 0 bridgehead atoms. The molecule has 0 spiro atoms. The Morgan fingerprint density at radius 2 is 2.21 bits per heavy atom. The van der Waals surface area contributed by atoms with Crippen molar-refractivity contribution in [2.45, 2.75) is 24.8 Å². The molecule has 0 fully saturated rings. The summed E-state index contributed by atoms with van der Waals surface area (Å²) in [5.74, 6) is -0.0468. The highest BCUT2D eigenvalue weighted by atomic mass is 79.9. The number of hydrogen-bond donors (Lipinski definition) is 1. The van der Waals surface area contributed by atoms with Crippen LogP contribution in [0.15, 0.2) is 41.0 Å². The molecule has 2 unspecified atom stereocenters. The summed E-state index contributed by atoms with van der Waals surface area (Å²) in [6.07, 6.45) is 3.83. The second-order valence-corrected chi connectivity index (χ2v) is 5.75. The lowest BCUT2D eigenvalue weighted by molar-refractivity contribution is 0.539. The predicted octanol–water partition coefficient (Wildman–Crippen LogP) is 3.71. The standard InChI is InChI=1S/C15H14BrFN2/c16-12-8-10(4-6-13(12)17)14(18)11-5-3-9-2-1-7-19-15(9)11/h1-2,4,6-8,11,14H,3,5,18H2. The van der Waals surface area contributed by atoms with E-state index in [0.717, 1.165) is 24.1 Å². The third kappa shape index (κ3) is 2.30. The van der Waals surface area contributed by atoms with E-state index in [9.17, 15) is 4.39 Å². The van der Waals surface area contributed by atoms with Crippen LogP contribution in [-0.2, 0) is 6.42 Å².